The van der Waals surface area contributed by atoms with Gasteiger partial charge >= 0.3 is 0 Å². The minimum Gasteiger partial charge on any atom is -0.341 e. The molecule has 0 aliphatic carbocycles. The van der Waals surface area contributed by atoms with E-state index >= 15 is 0 Å². The van der Waals surface area contributed by atoms with Gasteiger partial charge in [0.15, 0.2) is 0 Å². The van der Waals surface area contributed by atoms with Crippen molar-refractivity contribution in [3.63, 3.8) is 0 Å². The van der Waals surface area contributed by atoms with Crippen molar-refractivity contribution < 1.29 is 4.79 Å². The highest BCUT2D eigenvalue weighted by Crippen LogP contribution is 2.18. The molecule has 1 aromatic carbocycles. The Labute approximate surface area is 119 Å². The van der Waals surface area contributed by atoms with Crippen LogP contribution in [-0.2, 0) is 0 Å². The lowest BCUT2D eigenvalue weighted by Crippen LogP contribution is -2.31. The van der Waals surface area contributed by atoms with Crippen LogP contribution in [-0.4, -0.2) is 29.2 Å². The molecule has 0 fully saturated rings. The predicted molar refractivity (Wildman–Crippen MR) is 79.2 cm³/mol. The van der Waals surface area contributed by atoms with E-state index in [2.05, 4.69) is 38.5 Å². The first kappa shape index (κ1) is 14.0. The smallest absolute Gasteiger partial charge is 0.254 e. The molecule has 16 heavy (non-hydrogen) atoms. The first-order valence-corrected chi connectivity index (χ1v) is 7.07. The highest BCUT2D eigenvalue weighted by Gasteiger charge is 2.16. The second-order valence-electron chi connectivity index (χ2n) is 3.90. The van der Waals surface area contributed by atoms with Gasteiger partial charge in [-0.15, -0.1) is 0 Å². The zero-order chi connectivity index (χ0) is 12.3. The molecular weight excluding hydrogens is 381 g/mol. The second kappa shape index (κ2) is 6.00. The van der Waals surface area contributed by atoms with Crippen LogP contribution in [0.3, 0.4) is 0 Å². The summed E-state index contributed by atoms with van der Waals surface area (Å²) >= 11 is 5.68. The van der Waals surface area contributed by atoms with Crippen molar-refractivity contribution in [2.45, 2.75) is 18.7 Å². The lowest BCUT2D eigenvalue weighted by atomic mass is 10.1. The quantitative estimate of drug-likeness (QED) is 0.567. The highest BCUT2D eigenvalue weighted by atomic mass is 127. The van der Waals surface area contributed by atoms with Crippen molar-refractivity contribution in [3.8, 4) is 0 Å². The van der Waals surface area contributed by atoms with Crippen LogP contribution in [0.4, 0.5) is 0 Å². The summed E-state index contributed by atoms with van der Waals surface area (Å²) in [6.07, 6.45) is 0. The van der Waals surface area contributed by atoms with Crippen molar-refractivity contribution in [2.75, 3.05) is 13.6 Å². The molecule has 0 N–H and O–H groups in total. The molecule has 4 heteroatoms. The van der Waals surface area contributed by atoms with Gasteiger partial charge in [0.1, 0.15) is 0 Å². The van der Waals surface area contributed by atoms with Crippen LogP contribution >= 0.6 is 38.5 Å². The Hall–Kier alpha value is -0.100. The zero-order valence-corrected chi connectivity index (χ0v) is 13.4. The Morgan fingerprint density at radius 1 is 1.56 bits per heavy atom. The summed E-state index contributed by atoms with van der Waals surface area (Å²) in [5.41, 5.74) is 1.93. The number of halogens is 2. The normalized spacial score (nSPS) is 12.3. The molecule has 1 amide bonds. The second-order valence-corrected chi connectivity index (χ2v) is 6.54. The van der Waals surface area contributed by atoms with Gasteiger partial charge in [-0.3, -0.25) is 4.79 Å². The fourth-order valence-electron chi connectivity index (χ4n) is 1.48. The van der Waals surface area contributed by atoms with E-state index in [0.29, 0.717) is 11.4 Å². The molecule has 0 saturated heterocycles. The number of carbonyl (C=O) groups is 1. The van der Waals surface area contributed by atoms with E-state index in [-0.39, 0.29) is 5.91 Å². The van der Waals surface area contributed by atoms with E-state index in [9.17, 15) is 4.79 Å². The van der Waals surface area contributed by atoms with Gasteiger partial charge in [0, 0.05) is 22.0 Å². The van der Waals surface area contributed by atoms with Crippen LogP contribution in [0.2, 0.25) is 0 Å². The van der Waals surface area contributed by atoms with Crippen LogP contribution in [0.5, 0.6) is 0 Å². The molecule has 2 nitrogen and oxygen atoms in total. The molecule has 0 aliphatic heterocycles. The summed E-state index contributed by atoms with van der Waals surface area (Å²) < 4.78 is 1.04. The Morgan fingerprint density at radius 2 is 2.19 bits per heavy atom. The van der Waals surface area contributed by atoms with E-state index < -0.39 is 0 Å². The SMILES string of the molecule is Cc1cccc(C(=O)N(C)CC(C)Br)c1I. The van der Waals surface area contributed by atoms with E-state index in [0.717, 1.165) is 14.7 Å². The van der Waals surface area contributed by atoms with E-state index in [4.69, 9.17) is 0 Å². The molecule has 1 atom stereocenters. The first-order valence-electron chi connectivity index (χ1n) is 5.08. The molecule has 1 aromatic rings. The Balaban J connectivity index is 2.92. The fourth-order valence-corrected chi connectivity index (χ4v) is 2.50. The number of alkyl halides is 1. The number of hydrogen-bond acceptors (Lipinski definition) is 1. The Morgan fingerprint density at radius 3 is 2.75 bits per heavy atom. The van der Waals surface area contributed by atoms with Gasteiger partial charge in [-0.25, -0.2) is 0 Å². The standard InChI is InChI=1S/C12H15BrINO/c1-8-5-4-6-10(11(8)14)12(16)15(3)7-9(2)13/h4-6,9H,7H2,1-3H3. The summed E-state index contributed by atoms with van der Waals surface area (Å²) in [5, 5.41) is 0. The summed E-state index contributed by atoms with van der Waals surface area (Å²) in [4.78, 5) is 14.2. The van der Waals surface area contributed by atoms with E-state index in [1.165, 1.54) is 0 Å². The minimum absolute atomic E-state index is 0.0828. The van der Waals surface area contributed by atoms with Crippen molar-refractivity contribution >= 4 is 44.4 Å². The maximum Gasteiger partial charge on any atom is 0.254 e. The van der Waals surface area contributed by atoms with Crippen LogP contribution in [0.15, 0.2) is 18.2 Å². The van der Waals surface area contributed by atoms with Gasteiger partial charge in [0.2, 0.25) is 0 Å². The lowest BCUT2D eigenvalue weighted by Gasteiger charge is -2.19. The molecule has 0 spiro atoms. The van der Waals surface area contributed by atoms with Crippen molar-refractivity contribution in [1.29, 1.82) is 0 Å². The highest BCUT2D eigenvalue weighted by molar-refractivity contribution is 14.1. The summed E-state index contributed by atoms with van der Waals surface area (Å²) in [7, 11) is 1.83. The third-order valence-electron chi connectivity index (χ3n) is 2.29. The van der Waals surface area contributed by atoms with E-state index in [1.54, 1.807) is 4.90 Å². The number of rotatable bonds is 3. The molecule has 88 valence electrons. The summed E-state index contributed by atoms with van der Waals surface area (Å²) in [6, 6.07) is 5.83. The molecule has 1 unspecified atom stereocenters. The van der Waals surface area contributed by atoms with Crippen LogP contribution < -0.4 is 0 Å². The third-order valence-corrected chi connectivity index (χ3v) is 4.02. The number of hydrogen-bond donors (Lipinski definition) is 0. The van der Waals surface area contributed by atoms with Crippen molar-refractivity contribution in [1.82, 2.24) is 4.90 Å². The Kier molecular flexibility index (Phi) is 5.24. The number of amides is 1. The third kappa shape index (κ3) is 3.45. The van der Waals surface area contributed by atoms with Crippen molar-refractivity contribution in [2.24, 2.45) is 0 Å². The van der Waals surface area contributed by atoms with Gasteiger partial charge < -0.3 is 4.90 Å². The topological polar surface area (TPSA) is 20.3 Å². The molecule has 0 heterocycles. The number of benzene rings is 1. The fraction of sp³-hybridized carbons (Fsp3) is 0.417. The average molecular weight is 396 g/mol. The first-order chi connectivity index (χ1) is 7.43. The average Bonchev–Trinajstić information content (AvgIpc) is 2.20. The Bertz CT molecular complexity index is 393. The minimum atomic E-state index is 0.0828. The van der Waals surface area contributed by atoms with Gasteiger partial charge in [-0.05, 0) is 41.1 Å². The molecule has 0 aliphatic rings. The largest absolute Gasteiger partial charge is 0.341 e. The van der Waals surface area contributed by atoms with Gasteiger partial charge in [-0.1, -0.05) is 35.0 Å². The molecule has 0 bridgehead atoms. The predicted octanol–water partition coefficient (Wildman–Crippen LogP) is 3.46. The molecule has 0 saturated carbocycles. The summed E-state index contributed by atoms with van der Waals surface area (Å²) in [5.74, 6) is 0.0828. The van der Waals surface area contributed by atoms with Crippen LogP contribution in [0.25, 0.3) is 0 Å². The molecule has 0 radical (unpaired) electrons. The monoisotopic (exact) mass is 395 g/mol. The zero-order valence-electron chi connectivity index (χ0n) is 9.63. The molecular formula is C12H15BrINO. The van der Waals surface area contributed by atoms with Crippen LogP contribution in [0.1, 0.15) is 22.8 Å². The van der Waals surface area contributed by atoms with Gasteiger partial charge in [0.05, 0.1) is 5.56 Å². The summed E-state index contributed by atoms with van der Waals surface area (Å²) in [6.45, 7) is 4.76. The van der Waals surface area contributed by atoms with Gasteiger partial charge in [-0.2, -0.15) is 0 Å². The molecule has 1 rings (SSSR count). The van der Waals surface area contributed by atoms with Crippen molar-refractivity contribution in [3.05, 3.63) is 32.9 Å². The lowest BCUT2D eigenvalue weighted by molar-refractivity contribution is 0.0796. The number of nitrogens with zero attached hydrogens (tertiary/aromatic N) is 1. The van der Waals surface area contributed by atoms with Gasteiger partial charge in [0.25, 0.3) is 5.91 Å². The number of aryl methyl sites for hydroxylation is 1. The van der Waals surface area contributed by atoms with Crippen LogP contribution in [0, 0.1) is 10.5 Å². The van der Waals surface area contributed by atoms with E-state index in [1.807, 2.05) is 39.1 Å². The number of carbonyl (C=O) groups excluding carboxylic acids is 1. The maximum atomic E-state index is 12.2. The maximum absolute atomic E-state index is 12.2. The molecule has 0 aromatic heterocycles.